The van der Waals surface area contributed by atoms with Crippen molar-refractivity contribution in [3.63, 3.8) is 0 Å². The van der Waals surface area contributed by atoms with E-state index in [4.69, 9.17) is 17.0 Å². The average molecular weight is 317 g/mol. The second kappa shape index (κ2) is 6.86. The van der Waals surface area contributed by atoms with Crippen LogP contribution in [0.4, 0.5) is 0 Å². The Hall–Kier alpha value is -2.67. The Balaban J connectivity index is 2.07. The number of nitrogens with one attached hydrogen (secondary N) is 2. The van der Waals surface area contributed by atoms with Crippen LogP contribution >= 0.6 is 12.2 Å². The molecule has 0 radical (unpaired) electrons. The predicted octanol–water partition coefficient (Wildman–Crippen LogP) is 1.84. The highest BCUT2D eigenvalue weighted by molar-refractivity contribution is 7.80. The number of nitrogens with zero attached hydrogens (tertiary/aromatic N) is 1. The van der Waals surface area contributed by atoms with Crippen molar-refractivity contribution in [3.05, 3.63) is 59.4 Å². The van der Waals surface area contributed by atoms with Crippen LogP contribution in [0.3, 0.4) is 0 Å². The maximum Gasteiger partial charge on any atom is 0.356 e. The van der Waals surface area contributed by atoms with Crippen molar-refractivity contribution < 1.29 is 14.3 Å². The molecule has 0 aliphatic rings. The van der Waals surface area contributed by atoms with Gasteiger partial charge >= 0.3 is 5.97 Å². The lowest BCUT2D eigenvalue weighted by molar-refractivity contribution is 0.0590. The van der Waals surface area contributed by atoms with Gasteiger partial charge in [0.15, 0.2) is 10.8 Å². The molecule has 0 bridgehead atoms. The SMILES string of the molecule is COC(=O)c1c(C)ccn1NC(=S)NC(=O)c1ccccc1. The standard InChI is InChI=1S/C15H15N3O3S/c1-10-8-9-18(12(10)14(20)21-2)17-15(22)16-13(19)11-6-4-3-5-7-11/h3-9H,1-2H3,(H2,16,17,19,22). The fourth-order valence-corrected chi connectivity index (χ4v) is 2.07. The van der Waals surface area contributed by atoms with Crippen LogP contribution in [0.5, 0.6) is 0 Å². The zero-order chi connectivity index (χ0) is 16.1. The summed E-state index contributed by atoms with van der Waals surface area (Å²) in [5, 5.41) is 2.62. The maximum absolute atomic E-state index is 12.0. The molecule has 0 saturated heterocycles. The molecule has 6 nitrogen and oxygen atoms in total. The number of carbonyl (C=O) groups excluding carboxylic acids is 2. The monoisotopic (exact) mass is 317 g/mol. The zero-order valence-electron chi connectivity index (χ0n) is 12.1. The number of benzene rings is 1. The van der Waals surface area contributed by atoms with E-state index in [1.54, 1.807) is 43.5 Å². The highest BCUT2D eigenvalue weighted by Gasteiger charge is 2.16. The lowest BCUT2D eigenvalue weighted by Crippen LogP contribution is -2.38. The molecule has 1 amide bonds. The predicted molar refractivity (Wildman–Crippen MR) is 86.4 cm³/mol. The minimum atomic E-state index is -0.493. The smallest absolute Gasteiger partial charge is 0.356 e. The number of esters is 1. The summed E-state index contributed by atoms with van der Waals surface area (Å²) >= 11 is 5.09. The summed E-state index contributed by atoms with van der Waals surface area (Å²) < 4.78 is 6.13. The van der Waals surface area contributed by atoms with Gasteiger partial charge in [-0.2, -0.15) is 0 Å². The number of methoxy groups -OCH3 is 1. The number of thiocarbonyl (C=S) groups is 1. The Labute approximate surface area is 133 Å². The van der Waals surface area contributed by atoms with Gasteiger partial charge in [-0.25, -0.2) is 4.79 Å². The van der Waals surface area contributed by atoms with Gasteiger partial charge in [0.05, 0.1) is 7.11 Å². The molecule has 0 atom stereocenters. The third kappa shape index (κ3) is 3.50. The molecule has 0 spiro atoms. The van der Waals surface area contributed by atoms with Gasteiger partial charge in [0.1, 0.15) is 0 Å². The summed E-state index contributed by atoms with van der Waals surface area (Å²) in [6, 6.07) is 10.4. The van der Waals surface area contributed by atoms with Crippen molar-refractivity contribution in [2.45, 2.75) is 6.92 Å². The van der Waals surface area contributed by atoms with Crippen molar-refractivity contribution in [1.82, 2.24) is 9.99 Å². The van der Waals surface area contributed by atoms with Gasteiger partial charge in [-0.3, -0.25) is 20.2 Å². The molecule has 0 saturated carbocycles. The first-order valence-corrected chi connectivity index (χ1v) is 6.87. The highest BCUT2D eigenvalue weighted by atomic mass is 32.1. The first-order valence-electron chi connectivity index (χ1n) is 6.46. The van der Waals surface area contributed by atoms with Crippen LogP contribution in [0.2, 0.25) is 0 Å². The topological polar surface area (TPSA) is 72.4 Å². The third-order valence-corrected chi connectivity index (χ3v) is 3.15. The van der Waals surface area contributed by atoms with E-state index in [-0.39, 0.29) is 11.0 Å². The van der Waals surface area contributed by atoms with Crippen LogP contribution in [0.15, 0.2) is 42.6 Å². The molecule has 0 aliphatic heterocycles. The molecule has 0 unspecified atom stereocenters. The largest absolute Gasteiger partial charge is 0.464 e. The minimum absolute atomic E-state index is 0.0783. The molecule has 2 N–H and O–H groups in total. The summed E-state index contributed by atoms with van der Waals surface area (Å²) in [4.78, 5) is 23.7. The molecule has 0 aliphatic carbocycles. The number of aryl methyl sites for hydroxylation is 1. The molecule has 0 fully saturated rings. The number of ether oxygens (including phenoxy) is 1. The van der Waals surface area contributed by atoms with Crippen LogP contribution in [-0.2, 0) is 4.74 Å². The van der Waals surface area contributed by atoms with Gasteiger partial charge in [-0.1, -0.05) is 18.2 Å². The molecule has 2 rings (SSSR count). The Kier molecular flexibility index (Phi) is 4.90. The summed E-state index contributed by atoms with van der Waals surface area (Å²) in [5.41, 5.74) is 4.30. The van der Waals surface area contributed by atoms with Gasteiger partial charge in [-0.05, 0) is 42.9 Å². The van der Waals surface area contributed by atoms with E-state index in [9.17, 15) is 9.59 Å². The average Bonchev–Trinajstić information content (AvgIpc) is 2.87. The Bertz CT molecular complexity index is 710. The lowest BCUT2D eigenvalue weighted by Gasteiger charge is -2.13. The second-order valence-electron chi connectivity index (χ2n) is 4.47. The number of hydrogen-bond donors (Lipinski definition) is 2. The van der Waals surface area contributed by atoms with Crippen LogP contribution in [-0.4, -0.2) is 28.8 Å². The number of amides is 1. The fraction of sp³-hybridized carbons (Fsp3) is 0.133. The van der Waals surface area contributed by atoms with Gasteiger partial charge in [-0.15, -0.1) is 0 Å². The van der Waals surface area contributed by atoms with E-state index >= 15 is 0 Å². The number of hydrogen-bond acceptors (Lipinski definition) is 4. The normalized spacial score (nSPS) is 9.91. The van der Waals surface area contributed by atoms with Crippen LogP contribution in [0, 0.1) is 6.92 Å². The molecular formula is C15H15N3O3S. The number of rotatable bonds is 3. The quantitative estimate of drug-likeness (QED) is 0.667. The molecule has 2 aromatic rings. The van der Waals surface area contributed by atoms with Gasteiger partial charge < -0.3 is 4.74 Å². The Morgan fingerprint density at radius 1 is 1.18 bits per heavy atom. The minimum Gasteiger partial charge on any atom is -0.464 e. The summed E-state index contributed by atoms with van der Waals surface area (Å²) in [7, 11) is 1.30. The second-order valence-corrected chi connectivity index (χ2v) is 4.88. The summed E-state index contributed by atoms with van der Waals surface area (Å²) in [6.45, 7) is 1.77. The molecule has 22 heavy (non-hydrogen) atoms. The van der Waals surface area contributed by atoms with Crippen molar-refractivity contribution in [1.29, 1.82) is 0 Å². The van der Waals surface area contributed by atoms with Crippen molar-refractivity contribution in [2.24, 2.45) is 0 Å². The lowest BCUT2D eigenvalue weighted by atomic mass is 10.2. The molecule has 114 valence electrons. The van der Waals surface area contributed by atoms with Crippen LogP contribution in [0.25, 0.3) is 0 Å². The van der Waals surface area contributed by atoms with Crippen LogP contribution in [0.1, 0.15) is 26.4 Å². The molecule has 1 aromatic carbocycles. The first kappa shape index (κ1) is 15.7. The van der Waals surface area contributed by atoms with Gasteiger partial charge in [0.25, 0.3) is 5.91 Å². The summed E-state index contributed by atoms with van der Waals surface area (Å²) in [5.74, 6) is -0.825. The molecule has 1 heterocycles. The van der Waals surface area contributed by atoms with Crippen molar-refractivity contribution in [2.75, 3.05) is 12.5 Å². The Morgan fingerprint density at radius 2 is 1.86 bits per heavy atom. The van der Waals surface area contributed by atoms with E-state index in [1.165, 1.54) is 11.8 Å². The van der Waals surface area contributed by atoms with Gasteiger partial charge in [0, 0.05) is 11.8 Å². The van der Waals surface area contributed by atoms with Gasteiger partial charge in [0.2, 0.25) is 0 Å². The fourth-order valence-electron chi connectivity index (χ4n) is 1.88. The molecular weight excluding hydrogens is 302 g/mol. The van der Waals surface area contributed by atoms with Crippen molar-refractivity contribution in [3.8, 4) is 0 Å². The van der Waals surface area contributed by atoms with E-state index in [1.807, 2.05) is 6.07 Å². The first-order chi connectivity index (χ1) is 10.5. The van der Waals surface area contributed by atoms with Crippen LogP contribution < -0.4 is 10.7 Å². The third-order valence-electron chi connectivity index (χ3n) is 2.95. The highest BCUT2D eigenvalue weighted by Crippen LogP contribution is 2.09. The number of carbonyl (C=O) groups is 2. The Morgan fingerprint density at radius 3 is 2.50 bits per heavy atom. The molecule has 7 heteroatoms. The van der Waals surface area contributed by atoms with E-state index in [0.29, 0.717) is 11.3 Å². The van der Waals surface area contributed by atoms with E-state index < -0.39 is 5.97 Å². The van der Waals surface area contributed by atoms with E-state index in [2.05, 4.69) is 10.7 Å². The maximum atomic E-state index is 12.0. The summed E-state index contributed by atoms with van der Waals surface area (Å²) in [6.07, 6.45) is 1.63. The van der Waals surface area contributed by atoms with E-state index in [0.717, 1.165) is 5.56 Å². The number of aromatic nitrogens is 1. The zero-order valence-corrected chi connectivity index (χ0v) is 12.9. The van der Waals surface area contributed by atoms with Crippen molar-refractivity contribution >= 4 is 29.2 Å². The molecule has 1 aromatic heterocycles.